The van der Waals surface area contributed by atoms with Crippen molar-refractivity contribution >= 4 is 20.7 Å². The van der Waals surface area contributed by atoms with Gasteiger partial charge in [-0.05, 0) is 12.5 Å². The van der Waals surface area contributed by atoms with Crippen molar-refractivity contribution < 1.29 is 8.42 Å². The molecule has 2 aromatic rings. The molecule has 0 radical (unpaired) electrons. The Morgan fingerprint density at radius 1 is 1.42 bits per heavy atom. The second kappa shape index (κ2) is 4.05. The molecule has 1 aliphatic heterocycles. The standard InChI is InChI=1S/C13H17N3O2S/c1-16-12-5-3-2-4-10(12)11(15-16)8-13(14)6-7-19(17,18)9-13/h2-5H,6-9,14H2,1H3. The lowest BCUT2D eigenvalue weighted by molar-refractivity contribution is 0.470. The van der Waals surface area contributed by atoms with Crippen LogP contribution in [0, 0.1) is 0 Å². The van der Waals surface area contributed by atoms with Crippen LogP contribution in [0.1, 0.15) is 12.1 Å². The number of fused-ring (bicyclic) bond motifs is 1. The normalized spacial score (nSPS) is 26.0. The second-order valence-corrected chi connectivity index (χ2v) is 7.65. The van der Waals surface area contributed by atoms with Crippen molar-refractivity contribution in [3.63, 3.8) is 0 Å². The van der Waals surface area contributed by atoms with E-state index in [2.05, 4.69) is 5.10 Å². The van der Waals surface area contributed by atoms with E-state index in [1.54, 1.807) is 0 Å². The van der Waals surface area contributed by atoms with Gasteiger partial charge in [0.1, 0.15) is 0 Å². The molecule has 5 nitrogen and oxygen atoms in total. The van der Waals surface area contributed by atoms with Gasteiger partial charge in [-0.25, -0.2) is 8.42 Å². The van der Waals surface area contributed by atoms with Crippen LogP contribution < -0.4 is 5.73 Å². The fourth-order valence-electron chi connectivity index (χ4n) is 2.83. The van der Waals surface area contributed by atoms with E-state index in [4.69, 9.17) is 5.73 Å². The summed E-state index contributed by atoms with van der Waals surface area (Å²) in [5.41, 5.74) is 7.50. The van der Waals surface area contributed by atoms with Crippen LogP contribution in [0.25, 0.3) is 10.9 Å². The van der Waals surface area contributed by atoms with Gasteiger partial charge in [0.25, 0.3) is 0 Å². The summed E-state index contributed by atoms with van der Waals surface area (Å²) >= 11 is 0. The number of nitrogens with two attached hydrogens (primary N) is 1. The van der Waals surface area contributed by atoms with Gasteiger partial charge in [0, 0.05) is 24.4 Å². The van der Waals surface area contributed by atoms with E-state index < -0.39 is 15.4 Å². The summed E-state index contributed by atoms with van der Waals surface area (Å²) < 4.78 is 25.0. The van der Waals surface area contributed by atoms with Gasteiger partial charge in [-0.1, -0.05) is 18.2 Å². The van der Waals surface area contributed by atoms with Crippen LogP contribution in [0.5, 0.6) is 0 Å². The molecular formula is C13H17N3O2S. The Morgan fingerprint density at radius 3 is 2.84 bits per heavy atom. The van der Waals surface area contributed by atoms with Crippen molar-refractivity contribution in [1.82, 2.24) is 9.78 Å². The van der Waals surface area contributed by atoms with Crippen LogP contribution in [0.15, 0.2) is 24.3 Å². The molecule has 0 saturated carbocycles. The van der Waals surface area contributed by atoms with Gasteiger partial charge in [-0.15, -0.1) is 0 Å². The minimum atomic E-state index is -2.98. The Kier molecular flexibility index (Phi) is 2.69. The maximum absolute atomic E-state index is 11.6. The molecule has 1 aromatic heterocycles. The summed E-state index contributed by atoms with van der Waals surface area (Å²) in [6.07, 6.45) is 1.02. The Bertz CT molecular complexity index is 735. The molecule has 102 valence electrons. The molecule has 1 aliphatic rings. The van der Waals surface area contributed by atoms with Crippen LogP contribution in [0.2, 0.25) is 0 Å². The van der Waals surface area contributed by atoms with Gasteiger partial charge in [0.2, 0.25) is 0 Å². The number of hydrogen-bond acceptors (Lipinski definition) is 4. The van der Waals surface area contributed by atoms with E-state index in [0.29, 0.717) is 12.8 Å². The average Bonchev–Trinajstić information content (AvgIpc) is 2.78. The lowest BCUT2D eigenvalue weighted by Gasteiger charge is -2.20. The van der Waals surface area contributed by atoms with Crippen LogP contribution in [0.3, 0.4) is 0 Å². The van der Waals surface area contributed by atoms with Crippen molar-refractivity contribution in [3.8, 4) is 0 Å². The number of rotatable bonds is 2. The number of hydrogen-bond donors (Lipinski definition) is 1. The van der Waals surface area contributed by atoms with E-state index in [0.717, 1.165) is 16.6 Å². The van der Waals surface area contributed by atoms with Crippen molar-refractivity contribution in [3.05, 3.63) is 30.0 Å². The number of aryl methyl sites for hydroxylation is 1. The lowest BCUT2D eigenvalue weighted by Crippen LogP contribution is -2.43. The minimum absolute atomic E-state index is 0.0604. The fourth-order valence-corrected chi connectivity index (χ4v) is 4.82. The molecule has 1 atom stereocenters. The van der Waals surface area contributed by atoms with E-state index in [-0.39, 0.29) is 11.5 Å². The molecule has 0 spiro atoms. The highest BCUT2D eigenvalue weighted by atomic mass is 32.2. The zero-order valence-corrected chi connectivity index (χ0v) is 11.7. The number of para-hydroxylation sites is 1. The van der Waals surface area contributed by atoms with E-state index in [1.165, 1.54) is 0 Å². The highest BCUT2D eigenvalue weighted by molar-refractivity contribution is 7.91. The van der Waals surface area contributed by atoms with Gasteiger partial charge >= 0.3 is 0 Å². The quantitative estimate of drug-likeness (QED) is 0.874. The van der Waals surface area contributed by atoms with Gasteiger partial charge in [-0.3, -0.25) is 4.68 Å². The monoisotopic (exact) mass is 279 g/mol. The number of aromatic nitrogens is 2. The summed E-state index contributed by atoms with van der Waals surface area (Å²) in [6, 6.07) is 7.93. The molecule has 6 heteroatoms. The first-order valence-electron chi connectivity index (χ1n) is 6.29. The van der Waals surface area contributed by atoms with Crippen LogP contribution in [-0.2, 0) is 23.3 Å². The molecule has 0 aliphatic carbocycles. The molecule has 0 amide bonds. The molecule has 2 heterocycles. The first-order chi connectivity index (χ1) is 8.89. The molecule has 1 unspecified atom stereocenters. The Morgan fingerprint density at radius 2 is 2.16 bits per heavy atom. The Balaban J connectivity index is 1.99. The molecule has 0 bridgehead atoms. The zero-order chi connectivity index (χ0) is 13.7. The van der Waals surface area contributed by atoms with Crippen LogP contribution >= 0.6 is 0 Å². The summed E-state index contributed by atoms with van der Waals surface area (Å²) in [6.45, 7) is 0. The van der Waals surface area contributed by atoms with E-state index in [9.17, 15) is 8.42 Å². The van der Waals surface area contributed by atoms with E-state index in [1.807, 2.05) is 36.0 Å². The Hall–Kier alpha value is -1.40. The predicted molar refractivity (Wildman–Crippen MR) is 74.6 cm³/mol. The fraction of sp³-hybridized carbons (Fsp3) is 0.462. The van der Waals surface area contributed by atoms with Crippen molar-refractivity contribution in [1.29, 1.82) is 0 Å². The molecule has 1 aromatic carbocycles. The van der Waals surface area contributed by atoms with Crippen molar-refractivity contribution in [2.45, 2.75) is 18.4 Å². The topological polar surface area (TPSA) is 78.0 Å². The molecule has 3 rings (SSSR count). The summed E-state index contributed by atoms with van der Waals surface area (Å²) in [7, 11) is -1.09. The Labute approximate surface area is 112 Å². The van der Waals surface area contributed by atoms with Gasteiger partial charge in [-0.2, -0.15) is 5.10 Å². The summed E-state index contributed by atoms with van der Waals surface area (Å²) in [4.78, 5) is 0. The smallest absolute Gasteiger partial charge is 0.152 e. The highest BCUT2D eigenvalue weighted by Gasteiger charge is 2.39. The van der Waals surface area contributed by atoms with Gasteiger partial charge in [0.15, 0.2) is 9.84 Å². The first kappa shape index (κ1) is 12.6. The maximum atomic E-state index is 11.6. The first-order valence-corrected chi connectivity index (χ1v) is 8.11. The largest absolute Gasteiger partial charge is 0.324 e. The average molecular weight is 279 g/mol. The minimum Gasteiger partial charge on any atom is -0.324 e. The third-order valence-electron chi connectivity index (χ3n) is 3.77. The lowest BCUT2D eigenvalue weighted by atomic mass is 9.93. The molecule has 19 heavy (non-hydrogen) atoms. The summed E-state index contributed by atoms with van der Waals surface area (Å²) in [5.74, 6) is 0.249. The molecule has 1 fully saturated rings. The SMILES string of the molecule is Cn1nc(CC2(N)CCS(=O)(=O)C2)c2ccccc21. The molecule has 2 N–H and O–H groups in total. The maximum Gasteiger partial charge on any atom is 0.152 e. The van der Waals surface area contributed by atoms with Crippen molar-refractivity contribution in [2.24, 2.45) is 12.8 Å². The third-order valence-corrected chi connectivity index (χ3v) is 5.61. The van der Waals surface area contributed by atoms with Crippen molar-refractivity contribution in [2.75, 3.05) is 11.5 Å². The zero-order valence-electron chi connectivity index (χ0n) is 10.8. The van der Waals surface area contributed by atoms with Crippen LogP contribution in [-0.4, -0.2) is 35.2 Å². The van der Waals surface area contributed by atoms with Gasteiger partial charge < -0.3 is 5.73 Å². The second-order valence-electron chi connectivity index (χ2n) is 5.47. The highest BCUT2D eigenvalue weighted by Crippen LogP contribution is 2.27. The number of sulfone groups is 1. The van der Waals surface area contributed by atoms with Gasteiger partial charge in [0.05, 0.1) is 22.7 Å². The molecular weight excluding hydrogens is 262 g/mol. The number of benzene rings is 1. The predicted octanol–water partition coefficient (Wildman–Crippen LogP) is 0.632. The molecule has 1 saturated heterocycles. The third kappa shape index (κ3) is 2.26. The summed E-state index contributed by atoms with van der Waals surface area (Å²) in [5, 5.41) is 5.54. The van der Waals surface area contributed by atoms with E-state index >= 15 is 0 Å². The number of nitrogens with zero attached hydrogens (tertiary/aromatic N) is 2. The van der Waals surface area contributed by atoms with Crippen LogP contribution in [0.4, 0.5) is 0 Å².